The Bertz CT molecular complexity index is 1100. The SMILES string of the molecule is O=C(CNC(=O)c1ccco1)Nc1nc(-c2ccc3ccccc3c2)cs1. The zero-order chi connectivity index (χ0) is 18.6. The number of thiazole rings is 1. The van der Waals surface area contributed by atoms with E-state index in [2.05, 4.69) is 33.8 Å². The van der Waals surface area contributed by atoms with Crippen molar-refractivity contribution >= 4 is 39.1 Å². The van der Waals surface area contributed by atoms with Crippen molar-refractivity contribution in [3.05, 3.63) is 72.0 Å². The van der Waals surface area contributed by atoms with Crippen molar-refractivity contribution in [1.29, 1.82) is 0 Å². The maximum Gasteiger partial charge on any atom is 0.287 e. The molecule has 0 aliphatic heterocycles. The highest BCUT2D eigenvalue weighted by molar-refractivity contribution is 7.14. The summed E-state index contributed by atoms with van der Waals surface area (Å²) in [6.07, 6.45) is 1.40. The third-order valence-electron chi connectivity index (χ3n) is 3.95. The molecule has 2 N–H and O–H groups in total. The summed E-state index contributed by atoms with van der Waals surface area (Å²) in [7, 11) is 0. The van der Waals surface area contributed by atoms with Gasteiger partial charge < -0.3 is 15.1 Å². The Morgan fingerprint density at radius 1 is 1.04 bits per heavy atom. The molecule has 7 heteroatoms. The van der Waals surface area contributed by atoms with Crippen LogP contribution in [0.3, 0.4) is 0 Å². The molecule has 0 atom stereocenters. The summed E-state index contributed by atoms with van der Waals surface area (Å²) in [6.45, 7) is -0.162. The lowest BCUT2D eigenvalue weighted by atomic mass is 10.1. The van der Waals surface area contributed by atoms with Crippen LogP contribution in [0, 0.1) is 0 Å². The molecule has 0 saturated heterocycles. The van der Waals surface area contributed by atoms with Crippen LogP contribution >= 0.6 is 11.3 Å². The lowest BCUT2D eigenvalue weighted by molar-refractivity contribution is -0.115. The van der Waals surface area contributed by atoms with Crippen molar-refractivity contribution < 1.29 is 14.0 Å². The summed E-state index contributed by atoms with van der Waals surface area (Å²) in [5.74, 6) is -0.629. The van der Waals surface area contributed by atoms with Gasteiger partial charge in [0, 0.05) is 10.9 Å². The van der Waals surface area contributed by atoms with Crippen molar-refractivity contribution in [2.45, 2.75) is 0 Å². The van der Waals surface area contributed by atoms with Crippen LogP contribution in [0.25, 0.3) is 22.0 Å². The van der Waals surface area contributed by atoms with E-state index in [0.29, 0.717) is 5.13 Å². The van der Waals surface area contributed by atoms with Crippen LogP contribution in [0.15, 0.2) is 70.7 Å². The van der Waals surface area contributed by atoms with E-state index in [-0.39, 0.29) is 18.2 Å². The fraction of sp³-hybridized carbons (Fsp3) is 0.0500. The predicted molar refractivity (Wildman–Crippen MR) is 105 cm³/mol. The minimum Gasteiger partial charge on any atom is -0.459 e. The van der Waals surface area contributed by atoms with Crippen LogP contribution in [0.2, 0.25) is 0 Å². The molecule has 2 amide bonds. The van der Waals surface area contributed by atoms with Crippen LogP contribution in [-0.4, -0.2) is 23.3 Å². The predicted octanol–water partition coefficient (Wildman–Crippen LogP) is 3.92. The highest BCUT2D eigenvalue weighted by atomic mass is 32.1. The first kappa shape index (κ1) is 17.0. The fourth-order valence-corrected chi connectivity index (χ4v) is 3.37. The minimum atomic E-state index is -0.439. The summed E-state index contributed by atoms with van der Waals surface area (Å²) < 4.78 is 4.97. The van der Waals surface area contributed by atoms with Gasteiger partial charge in [-0.15, -0.1) is 11.3 Å². The average molecular weight is 377 g/mol. The lowest BCUT2D eigenvalue weighted by Gasteiger charge is -2.03. The number of hydrogen-bond acceptors (Lipinski definition) is 5. The zero-order valence-corrected chi connectivity index (χ0v) is 15.0. The maximum atomic E-state index is 12.0. The Hall–Kier alpha value is -3.45. The van der Waals surface area contributed by atoms with Gasteiger partial charge in [0.2, 0.25) is 5.91 Å². The van der Waals surface area contributed by atoms with Crippen molar-refractivity contribution in [2.24, 2.45) is 0 Å². The number of benzene rings is 2. The third-order valence-corrected chi connectivity index (χ3v) is 4.71. The molecule has 134 valence electrons. The Morgan fingerprint density at radius 2 is 1.89 bits per heavy atom. The highest BCUT2D eigenvalue weighted by Crippen LogP contribution is 2.27. The van der Waals surface area contributed by atoms with Gasteiger partial charge in [-0.2, -0.15) is 0 Å². The number of carbonyl (C=O) groups excluding carboxylic acids is 2. The van der Waals surface area contributed by atoms with E-state index < -0.39 is 5.91 Å². The fourth-order valence-electron chi connectivity index (χ4n) is 2.63. The lowest BCUT2D eigenvalue weighted by Crippen LogP contribution is -2.32. The van der Waals surface area contributed by atoms with Crippen molar-refractivity contribution in [3.63, 3.8) is 0 Å². The van der Waals surface area contributed by atoms with Gasteiger partial charge in [0.25, 0.3) is 5.91 Å². The number of furan rings is 1. The minimum absolute atomic E-state index is 0.162. The zero-order valence-electron chi connectivity index (χ0n) is 14.1. The molecule has 4 rings (SSSR count). The highest BCUT2D eigenvalue weighted by Gasteiger charge is 2.12. The smallest absolute Gasteiger partial charge is 0.287 e. The number of anilines is 1. The van der Waals surface area contributed by atoms with Crippen LogP contribution in [0.1, 0.15) is 10.6 Å². The van der Waals surface area contributed by atoms with Crippen molar-refractivity contribution in [2.75, 3.05) is 11.9 Å². The van der Waals surface area contributed by atoms with Gasteiger partial charge in [-0.25, -0.2) is 4.98 Å². The van der Waals surface area contributed by atoms with E-state index >= 15 is 0 Å². The number of carbonyl (C=O) groups is 2. The number of fused-ring (bicyclic) bond motifs is 1. The number of nitrogens with one attached hydrogen (secondary N) is 2. The second-order valence-corrected chi connectivity index (χ2v) is 6.67. The van der Waals surface area contributed by atoms with E-state index in [1.807, 2.05) is 29.6 Å². The molecule has 27 heavy (non-hydrogen) atoms. The summed E-state index contributed by atoms with van der Waals surface area (Å²) in [5.41, 5.74) is 1.78. The average Bonchev–Trinajstić information content (AvgIpc) is 3.38. The van der Waals surface area contributed by atoms with E-state index in [9.17, 15) is 9.59 Å². The van der Waals surface area contributed by atoms with Crippen LogP contribution in [0.5, 0.6) is 0 Å². The first-order valence-corrected chi connectivity index (χ1v) is 9.13. The van der Waals surface area contributed by atoms with Gasteiger partial charge >= 0.3 is 0 Å². The molecule has 0 saturated carbocycles. The molecule has 0 aliphatic carbocycles. The molecular formula is C20H15N3O3S. The molecule has 2 aromatic carbocycles. The van der Waals surface area contributed by atoms with Crippen molar-refractivity contribution in [3.8, 4) is 11.3 Å². The van der Waals surface area contributed by atoms with Crippen LogP contribution in [-0.2, 0) is 4.79 Å². The van der Waals surface area contributed by atoms with Gasteiger partial charge in [0.1, 0.15) is 0 Å². The topological polar surface area (TPSA) is 84.2 Å². The van der Waals surface area contributed by atoms with Gasteiger partial charge in [-0.05, 0) is 29.0 Å². The quantitative estimate of drug-likeness (QED) is 0.552. The van der Waals surface area contributed by atoms with E-state index in [0.717, 1.165) is 22.0 Å². The number of aromatic nitrogens is 1. The molecule has 0 aliphatic rings. The summed E-state index contributed by atoms with van der Waals surface area (Å²) >= 11 is 1.34. The normalized spacial score (nSPS) is 10.7. The Balaban J connectivity index is 1.39. The molecule has 2 aromatic heterocycles. The number of nitrogens with zero attached hydrogens (tertiary/aromatic N) is 1. The monoisotopic (exact) mass is 377 g/mol. The molecule has 0 fully saturated rings. The summed E-state index contributed by atoms with van der Waals surface area (Å²) in [5, 5.41) is 9.86. The maximum absolute atomic E-state index is 12.0. The molecule has 0 bridgehead atoms. The van der Waals surface area contributed by atoms with Gasteiger partial charge in [0.15, 0.2) is 10.9 Å². The Kier molecular flexibility index (Phi) is 4.67. The molecule has 0 spiro atoms. The summed E-state index contributed by atoms with van der Waals surface area (Å²) in [4.78, 5) is 28.2. The molecule has 0 unspecified atom stereocenters. The largest absolute Gasteiger partial charge is 0.459 e. The molecule has 4 aromatic rings. The van der Waals surface area contributed by atoms with E-state index in [1.54, 1.807) is 6.07 Å². The van der Waals surface area contributed by atoms with Gasteiger partial charge in [-0.3, -0.25) is 9.59 Å². The molecular weight excluding hydrogens is 362 g/mol. The second-order valence-electron chi connectivity index (χ2n) is 5.81. The third kappa shape index (κ3) is 3.88. The standard InChI is InChI=1S/C20H15N3O3S/c24-18(11-21-19(25)17-6-3-9-26-17)23-20-22-16(12-27-20)15-8-7-13-4-1-2-5-14(13)10-15/h1-10,12H,11H2,(H,21,25)(H,22,23,24). The molecule has 2 heterocycles. The first-order chi connectivity index (χ1) is 13.2. The van der Waals surface area contributed by atoms with Crippen molar-refractivity contribution in [1.82, 2.24) is 10.3 Å². The molecule has 0 radical (unpaired) electrons. The number of rotatable bonds is 5. The number of hydrogen-bond donors (Lipinski definition) is 2. The number of amides is 2. The van der Waals surface area contributed by atoms with Gasteiger partial charge in [0.05, 0.1) is 18.5 Å². The molecule has 6 nitrogen and oxygen atoms in total. The van der Waals surface area contributed by atoms with Crippen LogP contribution in [0.4, 0.5) is 5.13 Å². The first-order valence-electron chi connectivity index (χ1n) is 8.25. The summed E-state index contributed by atoms with van der Waals surface area (Å²) in [6, 6.07) is 17.4. The van der Waals surface area contributed by atoms with Gasteiger partial charge in [-0.1, -0.05) is 36.4 Å². The van der Waals surface area contributed by atoms with Crippen LogP contribution < -0.4 is 10.6 Å². The van der Waals surface area contributed by atoms with E-state index in [1.165, 1.54) is 23.7 Å². The van der Waals surface area contributed by atoms with E-state index in [4.69, 9.17) is 4.42 Å². The Morgan fingerprint density at radius 3 is 2.70 bits per heavy atom. The Labute approximate surface area is 158 Å². The second kappa shape index (κ2) is 7.43.